The van der Waals surface area contributed by atoms with Crippen molar-refractivity contribution in [3.63, 3.8) is 0 Å². The van der Waals surface area contributed by atoms with Gasteiger partial charge in [-0.1, -0.05) is 54.6 Å². The van der Waals surface area contributed by atoms with Crippen LogP contribution in [0, 0.1) is 11.3 Å². The summed E-state index contributed by atoms with van der Waals surface area (Å²) >= 11 is 0. The molecule has 6 rings (SSSR count). The van der Waals surface area contributed by atoms with Crippen LogP contribution in [0.2, 0.25) is 0 Å². The van der Waals surface area contributed by atoms with E-state index in [0.717, 1.165) is 66.2 Å². The molecule has 4 heterocycles. The number of carbonyl (C=O) groups is 1. The number of fused-ring (bicyclic) bond motifs is 1. The van der Waals surface area contributed by atoms with E-state index in [4.69, 9.17) is 10.2 Å². The smallest absolute Gasteiger partial charge is 0.234 e. The average Bonchev–Trinajstić information content (AvgIpc) is 3.02. The minimum absolute atomic E-state index is 0.167. The Morgan fingerprint density at radius 3 is 2.49 bits per heavy atom. The average molecular weight is 544 g/mol. The summed E-state index contributed by atoms with van der Waals surface area (Å²) in [7, 11) is 0. The molecule has 2 aliphatic rings. The third kappa shape index (κ3) is 5.81. The SMILES string of the molecule is CCN1C(=O)CCc2nc(-c3ccc(CN4CCC(Nc5ccnc(C#N)n5)CC4)cc3)c(-c3ccccc3)cc21. The Bertz CT molecular complexity index is 1570. The van der Waals surface area contributed by atoms with E-state index < -0.39 is 0 Å². The van der Waals surface area contributed by atoms with Crippen LogP contribution in [0.5, 0.6) is 0 Å². The van der Waals surface area contributed by atoms with Crippen LogP contribution >= 0.6 is 0 Å². The standard InChI is InChI=1S/C33H33N7O/c1-2-40-29-20-27(24-6-4-3-5-7-24)33(37-28(29)12-13-32(40)41)25-10-8-23(9-11-25)22-39-18-15-26(16-19-39)36-30-14-17-35-31(21-34)38-30/h3-11,14,17,20,26H,2,12-13,15-16,18-19,22H2,1H3,(H,35,36,38). The lowest BCUT2D eigenvalue weighted by molar-refractivity contribution is -0.118. The van der Waals surface area contributed by atoms with Gasteiger partial charge in [-0.25, -0.2) is 15.0 Å². The first-order chi connectivity index (χ1) is 20.1. The molecule has 0 aliphatic carbocycles. The number of nitrogens with zero attached hydrogens (tertiary/aromatic N) is 6. The first kappa shape index (κ1) is 26.6. The number of carbonyl (C=O) groups excluding carboxylic acids is 1. The molecule has 1 N–H and O–H groups in total. The summed E-state index contributed by atoms with van der Waals surface area (Å²) in [5, 5.41) is 12.5. The van der Waals surface area contributed by atoms with Gasteiger partial charge in [-0.3, -0.25) is 9.69 Å². The summed E-state index contributed by atoms with van der Waals surface area (Å²) < 4.78 is 0. The van der Waals surface area contributed by atoms with E-state index in [1.54, 1.807) is 6.20 Å². The number of benzene rings is 2. The Hall–Kier alpha value is -4.61. The van der Waals surface area contributed by atoms with Gasteiger partial charge in [0.1, 0.15) is 11.9 Å². The molecule has 8 heteroatoms. The van der Waals surface area contributed by atoms with Gasteiger partial charge in [0.15, 0.2) is 0 Å². The number of aromatic nitrogens is 3. The number of nitrogens with one attached hydrogen (secondary N) is 1. The van der Waals surface area contributed by atoms with Gasteiger partial charge in [0.25, 0.3) is 0 Å². The largest absolute Gasteiger partial charge is 0.367 e. The molecule has 1 amide bonds. The maximum atomic E-state index is 12.6. The van der Waals surface area contributed by atoms with Gasteiger partial charge < -0.3 is 10.2 Å². The number of aryl methyl sites for hydroxylation is 1. The maximum absolute atomic E-state index is 12.6. The highest BCUT2D eigenvalue weighted by molar-refractivity contribution is 5.98. The van der Waals surface area contributed by atoms with Crippen LogP contribution in [0.3, 0.4) is 0 Å². The minimum Gasteiger partial charge on any atom is -0.367 e. The molecule has 2 aromatic carbocycles. The molecule has 1 saturated heterocycles. The third-order valence-corrected chi connectivity index (χ3v) is 7.98. The highest BCUT2D eigenvalue weighted by Crippen LogP contribution is 2.37. The summed E-state index contributed by atoms with van der Waals surface area (Å²) in [5.74, 6) is 1.07. The van der Waals surface area contributed by atoms with Crippen molar-refractivity contribution in [2.45, 2.75) is 45.2 Å². The number of hydrogen-bond acceptors (Lipinski definition) is 7. The van der Waals surface area contributed by atoms with Crippen LogP contribution in [0.4, 0.5) is 11.5 Å². The van der Waals surface area contributed by atoms with Crippen molar-refractivity contribution in [2.75, 3.05) is 29.9 Å². The van der Waals surface area contributed by atoms with Crippen LogP contribution < -0.4 is 10.2 Å². The van der Waals surface area contributed by atoms with Crippen LogP contribution in [0.15, 0.2) is 72.9 Å². The molecule has 1 fully saturated rings. The number of nitriles is 1. The highest BCUT2D eigenvalue weighted by Gasteiger charge is 2.26. The van der Waals surface area contributed by atoms with Gasteiger partial charge in [-0.05, 0) is 43.0 Å². The molecule has 8 nitrogen and oxygen atoms in total. The molecule has 0 unspecified atom stereocenters. The molecular formula is C33H33N7O. The van der Waals surface area contributed by atoms with E-state index >= 15 is 0 Å². The zero-order valence-corrected chi connectivity index (χ0v) is 23.3. The molecule has 4 aromatic rings. The summed E-state index contributed by atoms with van der Waals surface area (Å²) in [6, 6.07) is 25.4. The number of pyridine rings is 1. The molecule has 2 aromatic heterocycles. The number of anilines is 2. The first-order valence-corrected chi connectivity index (χ1v) is 14.3. The summed E-state index contributed by atoms with van der Waals surface area (Å²) in [6.45, 7) is 5.55. The lowest BCUT2D eigenvalue weighted by atomic mass is 9.95. The summed E-state index contributed by atoms with van der Waals surface area (Å²) in [4.78, 5) is 30.3. The normalized spacial score (nSPS) is 15.8. The van der Waals surface area contributed by atoms with Crippen molar-refractivity contribution >= 4 is 17.4 Å². The van der Waals surface area contributed by atoms with Crippen molar-refractivity contribution in [3.8, 4) is 28.5 Å². The number of piperidine rings is 1. The molecular weight excluding hydrogens is 510 g/mol. The minimum atomic E-state index is 0.167. The van der Waals surface area contributed by atoms with Crippen LogP contribution in [-0.2, 0) is 17.8 Å². The van der Waals surface area contributed by atoms with Crippen molar-refractivity contribution < 1.29 is 4.79 Å². The topological polar surface area (TPSA) is 98.0 Å². The van der Waals surface area contributed by atoms with Gasteiger partial charge in [-0.2, -0.15) is 5.26 Å². The predicted molar refractivity (Wildman–Crippen MR) is 160 cm³/mol. The Morgan fingerprint density at radius 1 is 0.976 bits per heavy atom. The molecule has 0 spiro atoms. The Labute approximate surface area is 240 Å². The van der Waals surface area contributed by atoms with Gasteiger partial charge in [0.2, 0.25) is 11.7 Å². The second kappa shape index (κ2) is 11.9. The van der Waals surface area contributed by atoms with Crippen molar-refractivity contribution in [2.24, 2.45) is 0 Å². The van der Waals surface area contributed by atoms with Gasteiger partial charge >= 0.3 is 0 Å². The Morgan fingerprint density at radius 2 is 1.76 bits per heavy atom. The van der Waals surface area contributed by atoms with Crippen LogP contribution in [-0.4, -0.2) is 51.4 Å². The third-order valence-electron chi connectivity index (χ3n) is 7.98. The second-order valence-electron chi connectivity index (χ2n) is 10.6. The lowest BCUT2D eigenvalue weighted by Gasteiger charge is -2.32. The Balaban J connectivity index is 1.17. The molecule has 206 valence electrons. The first-order valence-electron chi connectivity index (χ1n) is 14.3. The zero-order valence-electron chi connectivity index (χ0n) is 23.3. The molecule has 41 heavy (non-hydrogen) atoms. The number of likely N-dealkylation sites (tertiary alicyclic amines) is 1. The number of amides is 1. The molecule has 0 saturated carbocycles. The van der Waals surface area contributed by atoms with Crippen molar-refractivity contribution in [1.29, 1.82) is 5.26 Å². The van der Waals surface area contributed by atoms with E-state index in [1.807, 2.05) is 42.2 Å². The fraction of sp³-hybridized carbons (Fsp3) is 0.303. The zero-order chi connectivity index (χ0) is 28.2. The number of hydrogen-bond donors (Lipinski definition) is 1. The molecule has 0 bridgehead atoms. The molecule has 0 atom stereocenters. The van der Waals surface area contributed by atoms with E-state index in [0.29, 0.717) is 31.2 Å². The molecule has 0 radical (unpaired) electrons. The van der Waals surface area contributed by atoms with Gasteiger partial charge in [0, 0.05) is 62.4 Å². The fourth-order valence-corrected chi connectivity index (χ4v) is 5.82. The van der Waals surface area contributed by atoms with Crippen molar-refractivity contribution in [3.05, 3.63) is 90.0 Å². The fourth-order valence-electron chi connectivity index (χ4n) is 5.82. The van der Waals surface area contributed by atoms with Crippen LogP contribution in [0.1, 0.15) is 43.3 Å². The van der Waals surface area contributed by atoms with E-state index in [2.05, 4.69) is 62.6 Å². The summed E-state index contributed by atoms with van der Waals surface area (Å²) in [5.41, 5.74) is 7.39. The second-order valence-corrected chi connectivity index (χ2v) is 10.6. The lowest BCUT2D eigenvalue weighted by Crippen LogP contribution is -2.38. The van der Waals surface area contributed by atoms with E-state index in [9.17, 15) is 4.79 Å². The highest BCUT2D eigenvalue weighted by atomic mass is 16.2. The van der Waals surface area contributed by atoms with E-state index in [1.165, 1.54) is 5.56 Å². The molecule has 2 aliphatic heterocycles. The van der Waals surface area contributed by atoms with Crippen molar-refractivity contribution in [1.82, 2.24) is 19.9 Å². The maximum Gasteiger partial charge on any atom is 0.234 e. The Kier molecular flexibility index (Phi) is 7.70. The predicted octanol–water partition coefficient (Wildman–Crippen LogP) is 5.45. The van der Waals surface area contributed by atoms with Gasteiger partial charge in [0.05, 0.1) is 17.1 Å². The quantitative estimate of drug-likeness (QED) is 0.331. The van der Waals surface area contributed by atoms with Crippen LogP contribution in [0.25, 0.3) is 22.4 Å². The monoisotopic (exact) mass is 543 g/mol. The summed E-state index contributed by atoms with van der Waals surface area (Å²) in [6.07, 6.45) is 4.83. The van der Waals surface area contributed by atoms with Gasteiger partial charge in [-0.15, -0.1) is 0 Å². The van der Waals surface area contributed by atoms with E-state index in [-0.39, 0.29) is 11.7 Å². The number of rotatable bonds is 7.